The molecule has 1 N–H and O–H groups in total. The van der Waals surface area contributed by atoms with Crippen molar-refractivity contribution >= 4 is 23.2 Å². The first kappa shape index (κ1) is 18.2. The van der Waals surface area contributed by atoms with Crippen LogP contribution in [0.3, 0.4) is 0 Å². The second kappa shape index (κ2) is 6.89. The van der Waals surface area contributed by atoms with Gasteiger partial charge in [0, 0.05) is 28.3 Å². The number of carbonyl (C=O) groups excluding carboxylic acids is 1. The summed E-state index contributed by atoms with van der Waals surface area (Å²) in [5.41, 5.74) is 7.25. The van der Waals surface area contributed by atoms with Crippen LogP contribution in [0.5, 0.6) is 0 Å². The van der Waals surface area contributed by atoms with Crippen molar-refractivity contribution in [3.05, 3.63) is 81.6 Å². The molecule has 29 heavy (non-hydrogen) atoms. The number of anilines is 1. The molecule has 1 aromatic heterocycles. The minimum Gasteiger partial charge on any atom is -0.343 e. The lowest BCUT2D eigenvalue weighted by Gasteiger charge is -2.34. The highest BCUT2D eigenvalue weighted by Gasteiger charge is 2.38. The van der Waals surface area contributed by atoms with Gasteiger partial charge in [-0.05, 0) is 55.5 Å². The molecule has 1 atom stereocenters. The van der Waals surface area contributed by atoms with Gasteiger partial charge in [-0.1, -0.05) is 48.0 Å². The highest BCUT2D eigenvalue weighted by Crippen LogP contribution is 2.45. The van der Waals surface area contributed by atoms with Crippen molar-refractivity contribution in [2.75, 3.05) is 5.32 Å². The third kappa shape index (κ3) is 2.90. The van der Waals surface area contributed by atoms with Crippen molar-refractivity contribution in [3.63, 3.8) is 0 Å². The van der Waals surface area contributed by atoms with Gasteiger partial charge in [0.1, 0.15) is 11.9 Å². The SMILES string of the molecule is Cc1ccccc1[C@H]1C2=C(CCCC2=O)Nc2c(-c3ccc(Cl)cc3)c(C)nn21. The van der Waals surface area contributed by atoms with Gasteiger partial charge in [0.25, 0.3) is 0 Å². The normalized spacial score (nSPS) is 18.3. The number of aryl methyl sites for hydroxylation is 2. The van der Waals surface area contributed by atoms with Crippen LogP contribution in [0.25, 0.3) is 11.1 Å². The van der Waals surface area contributed by atoms with E-state index in [2.05, 4.69) is 24.4 Å². The van der Waals surface area contributed by atoms with Crippen LogP contribution in [0.15, 0.2) is 59.8 Å². The van der Waals surface area contributed by atoms with Crippen molar-refractivity contribution in [1.82, 2.24) is 9.78 Å². The number of carbonyl (C=O) groups is 1. The zero-order valence-electron chi connectivity index (χ0n) is 16.5. The predicted molar refractivity (Wildman–Crippen MR) is 116 cm³/mol. The Hall–Kier alpha value is -2.85. The van der Waals surface area contributed by atoms with Crippen LogP contribution in [0.2, 0.25) is 5.02 Å². The van der Waals surface area contributed by atoms with Gasteiger partial charge in [-0.2, -0.15) is 5.10 Å². The van der Waals surface area contributed by atoms with Gasteiger partial charge in [0.15, 0.2) is 5.78 Å². The Morgan fingerprint density at radius 2 is 1.83 bits per heavy atom. The lowest BCUT2D eigenvalue weighted by Crippen LogP contribution is -2.31. The largest absolute Gasteiger partial charge is 0.343 e. The lowest BCUT2D eigenvalue weighted by molar-refractivity contribution is -0.116. The fourth-order valence-electron chi connectivity index (χ4n) is 4.57. The van der Waals surface area contributed by atoms with E-state index in [9.17, 15) is 4.79 Å². The van der Waals surface area contributed by atoms with Crippen molar-refractivity contribution in [2.24, 2.45) is 0 Å². The van der Waals surface area contributed by atoms with Gasteiger partial charge in [-0.25, -0.2) is 4.68 Å². The summed E-state index contributed by atoms with van der Waals surface area (Å²) in [4.78, 5) is 13.0. The quantitative estimate of drug-likeness (QED) is 0.584. The Morgan fingerprint density at radius 1 is 1.07 bits per heavy atom. The maximum Gasteiger partial charge on any atom is 0.163 e. The number of hydrogen-bond acceptors (Lipinski definition) is 3. The molecular weight excluding hydrogens is 382 g/mol. The first-order valence-corrected chi connectivity index (χ1v) is 10.4. The van der Waals surface area contributed by atoms with E-state index in [1.807, 2.05) is 48.0 Å². The van der Waals surface area contributed by atoms with E-state index in [1.165, 1.54) is 0 Å². The Balaban J connectivity index is 1.76. The highest BCUT2D eigenvalue weighted by molar-refractivity contribution is 6.30. The van der Waals surface area contributed by atoms with E-state index in [-0.39, 0.29) is 11.8 Å². The fourth-order valence-corrected chi connectivity index (χ4v) is 4.70. The van der Waals surface area contributed by atoms with Crippen molar-refractivity contribution < 1.29 is 4.79 Å². The molecule has 1 aliphatic heterocycles. The smallest absolute Gasteiger partial charge is 0.163 e. The van der Waals surface area contributed by atoms with Crippen LogP contribution in [-0.4, -0.2) is 15.6 Å². The fraction of sp³-hybridized carbons (Fsp3) is 0.250. The second-order valence-corrected chi connectivity index (χ2v) is 8.25. The number of benzene rings is 2. The summed E-state index contributed by atoms with van der Waals surface area (Å²) >= 11 is 6.10. The molecule has 146 valence electrons. The lowest BCUT2D eigenvalue weighted by atomic mass is 9.84. The number of nitrogens with one attached hydrogen (secondary N) is 1. The number of ketones is 1. The molecule has 5 heteroatoms. The number of Topliss-reactive ketones (excluding diaryl/α,β-unsaturated/α-hetero) is 1. The molecule has 2 aromatic carbocycles. The summed E-state index contributed by atoms with van der Waals surface area (Å²) in [6, 6.07) is 15.9. The van der Waals surface area contributed by atoms with E-state index in [0.717, 1.165) is 57.9 Å². The van der Waals surface area contributed by atoms with Gasteiger partial charge >= 0.3 is 0 Å². The third-order valence-corrected chi connectivity index (χ3v) is 6.20. The third-order valence-electron chi connectivity index (χ3n) is 5.94. The molecule has 0 spiro atoms. The van der Waals surface area contributed by atoms with Crippen LogP contribution < -0.4 is 5.32 Å². The predicted octanol–water partition coefficient (Wildman–Crippen LogP) is 5.84. The molecule has 0 radical (unpaired) electrons. The Kier molecular flexibility index (Phi) is 4.32. The molecule has 2 aliphatic rings. The maximum absolute atomic E-state index is 13.0. The number of allylic oxidation sites excluding steroid dienone is 2. The van der Waals surface area contributed by atoms with Gasteiger partial charge in [0.2, 0.25) is 0 Å². The number of halogens is 1. The molecule has 0 saturated heterocycles. The first-order chi connectivity index (χ1) is 14.0. The van der Waals surface area contributed by atoms with Crippen LogP contribution in [0, 0.1) is 13.8 Å². The highest BCUT2D eigenvalue weighted by atomic mass is 35.5. The van der Waals surface area contributed by atoms with E-state index in [1.54, 1.807) is 0 Å². The van der Waals surface area contributed by atoms with Crippen molar-refractivity contribution in [3.8, 4) is 11.1 Å². The average molecular weight is 404 g/mol. The van der Waals surface area contributed by atoms with Crippen LogP contribution >= 0.6 is 11.6 Å². The zero-order chi connectivity index (χ0) is 20.1. The summed E-state index contributed by atoms with van der Waals surface area (Å²) in [5, 5.41) is 9.20. The van der Waals surface area contributed by atoms with Gasteiger partial charge < -0.3 is 5.32 Å². The second-order valence-electron chi connectivity index (χ2n) is 7.81. The standard InChI is InChI=1S/C24H22ClN3O/c1-14-6-3-4-7-18(14)23-22-19(8-5-9-20(22)29)26-24-21(15(2)27-28(23)24)16-10-12-17(25)13-11-16/h3-4,6-7,10-13,23,26H,5,8-9H2,1-2H3/t23-/m0/s1. The summed E-state index contributed by atoms with van der Waals surface area (Å²) in [6.07, 6.45) is 2.37. The molecule has 4 nitrogen and oxygen atoms in total. The first-order valence-electron chi connectivity index (χ1n) is 9.98. The van der Waals surface area contributed by atoms with E-state index < -0.39 is 0 Å². The molecule has 0 fully saturated rings. The molecule has 5 rings (SSSR count). The monoisotopic (exact) mass is 403 g/mol. The summed E-state index contributed by atoms with van der Waals surface area (Å²) in [6.45, 7) is 4.12. The van der Waals surface area contributed by atoms with Crippen LogP contribution in [0.4, 0.5) is 5.82 Å². The van der Waals surface area contributed by atoms with Gasteiger partial charge in [-0.15, -0.1) is 0 Å². The van der Waals surface area contributed by atoms with Crippen LogP contribution in [-0.2, 0) is 4.79 Å². The Morgan fingerprint density at radius 3 is 2.59 bits per heavy atom. The number of aromatic nitrogens is 2. The number of nitrogens with zero attached hydrogens (tertiary/aromatic N) is 2. The summed E-state index contributed by atoms with van der Waals surface area (Å²) in [5.74, 6) is 1.17. The summed E-state index contributed by atoms with van der Waals surface area (Å²) < 4.78 is 2.00. The number of fused-ring (bicyclic) bond motifs is 1. The summed E-state index contributed by atoms with van der Waals surface area (Å²) in [7, 11) is 0. The van der Waals surface area contributed by atoms with Crippen molar-refractivity contribution in [1.29, 1.82) is 0 Å². The minimum absolute atomic E-state index is 0.199. The Bertz CT molecular complexity index is 1160. The van der Waals surface area contributed by atoms with E-state index in [0.29, 0.717) is 11.4 Å². The van der Waals surface area contributed by atoms with Crippen molar-refractivity contribution in [2.45, 2.75) is 39.2 Å². The molecule has 1 aliphatic carbocycles. The molecule has 3 aromatic rings. The molecule has 0 unspecified atom stereocenters. The average Bonchev–Trinajstić information content (AvgIpc) is 3.03. The molecule has 0 saturated carbocycles. The number of rotatable bonds is 2. The van der Waals surface area contributed by atoms with Crippen LogP contribution in [0.1, 0.15) is 42.1 Å². The minimum atomic E-state index is -0.199. The molecule has 0 amide bonds. The van der Waals surface area contributed by atoms with E-state index >= 15 is 0 Å². The molecule has 2 heterocycles. The topological polar surface area (TPSA) is 46.9 Å². The van der Waals surface area contributed by atoms with Gasteiger partial charge in [0.05, 0.1) is 5.69 Å². The number of hydrogen-bond donors (Lipinski definition) is 1. The molecule has 0 bridgehead atoms. The van der Waals surface area contributed by atoms with Gasteiger partial charge in [-0.3, -0.25) is 4.79 Å². The zero-order valence-corrected chi connectivity index (χ0v) is 17.3. The Labute approximate surface area is 175 Å². The van der Waals surface area contributed by atoms with E-state index in [4.69, 9.17) is 16.7 Å². The molecular formula is C24H22ClN3O. The maximum atomic E-state index is 13.0.